The van der Waals surface area contributed by atoms with Gasteiger partial charge < -0.3 is 5.32 Å². The SMILES string of the molecule is O=C(NCc1ccncc1)c1ncn(-c2ccccc2)n1. The summed E-state index contributed by atoms with van der Waals surface area (Å²) in [5.41, 5.74) is 1.83. The fourth-order valence-electron chi connectivity index (χ4n) is 1.83. The number of carbonyl (C=O) groups excluding carboxylic acids is 1. The van der Waals surface area contributed by atoms with Crippen LogP contribution in [0.1, 0.15) is 16.2 Å². The first-order chi connectivity index (χ1) is 10.3. The third kappa shape index (κ3) is 3.11. The standard InChI is InChI=1S/C15H13N5O/c21-15(17-10-12-6-8-16-9-7-12)14-18-11-20(19-14)13-4-2-1-3-5-13/h1-9,11H,10H2,(H,17,21). The number of nitrogens with one attached hydrogen (secondary N) is 1. The van der Waals surface area contributed by atoms with Gasteiger partial charge in [0.25, 0.3) is 5.91 Å². The summed E-state index contributed by atoms with van der Waals surface area (Å²) in [4.78, 5) is 20.0. The lowest BCUT2D eigenvalue weighted by Gasteiger charge is -2.02. The third-order valence-electron chi connectivity index (χ3n) is 2.92. The van der Waals surface area contributed by atoms with Gasteiger partial charge in [-0.15, -0.1) is 5.10 Å². The van der Waals surface area contributed by atoms with Crippen LogP contribution in [0.5, 0.6) is 0 Å². The normalized spacial score (nSPS) is 10.3. The average Bonchev–Trinajstić information content (AvgIpc) is 3.04. The highest BCUT2D eigenvalue weighted by Gasteiger charge is 2.11. The van der Waals surface area contributed by atoms with Crippen molar-refractivity contribution >= 4 is 5.91 Å². The largest absolute Gasteiger partial charge is 0.345 e. The molecule has 0 aliphatic heterocycles. The summed E-state index contributed by atoms with van der Waals surface area (Å²) in [7, 11) is 0. The number of benzene rings is 1. The zero-order chi connectivity index (χ0) is 14.5. The maximum absolute atomic E-state index is 12.0. The minimum absolute atomic E-state index is 0.146. The van der Waals surface area contributed by atoms with E-state index < -0.39 is 0 Å². The second-order valence-electron chi connectivity index (χ2n) is 4.39. The highest BCUT2D eigenvalue weighted by molar-refractivity contribution is 5.90. The molecule has 3 rings (SSSR count). The van der Waals surface area contributed by atoms with Crippen LogP contribution in [-0.4, -0.2) is 25.7 Å². The number of rotatable bonds is 4. The number of amides is 1. The van der Waals surface area contributed by atoms with Gasteiger partial charge in [0.15, 0.2) is 0 Å². The number of hydrogen-bond donors (Lipinski definition) is 1. The molecule has 0 saturated carbocycles. The van der Waals surface area contributed by atoms with Crippen molar-refractivity contribution in [1.82, 2.24) is 25.1 Å². The van der Waals surface area contributed by atoms with E-state index in [-0.39, 0.29) is 11.7 Å². The van der Waals surface area contributed by atoms with Crippen molar-refractivity contribution in [3.63, 3.8) is 0 Å². The number of aromatic nitrogens is 4. The molecule has 0 aliphatic rings. The van der Waals surface area contributed by atoms with Gasteiger partial charge in [-0.05, 0) is 29.8 Å². The first kappa shape index (κ1) is 13.0. The van der Waals surface area contributed by atoms with E-state index in [4.69, 9.17) is 0 Å². The predicted molar refractivity (Wildman–Crippen MR) is 76.8 cm³/mol. The number of para-hydroxylation sites is 1. The van der Waals surface area contributed by atoms with Crippen LogP contribution >= 0.6 is 0 Å². The summed E-state index contributed by atoms with van der Waals surface area (Å²) < 4.78 is 1.57. The Morgan fingerprint density at radius 1 is 1.10 bits per heavy atom. The first-order valence-electron chi connectivity index (χ1n) is 6.47. The molecule has 1 amide bonds. The molecule has 6 heteroatoms. The van der Waals surface area contributed by atoms with Crippen molar-refractivity contribution in [1.29, 1.82) is 0 Å². The summed E-state index contributed by atoms with van der Waals surface area (Å²) in [6, 6.07) is 13.2. The average molecular weight is 279 g/mol. The second-order valence-corrected chi connectivity index (χ2v) is 4.39. The van der Waals surface area contributed by atoms with Gasteiger partial charge in [-0.25, -0.2) is 9.67 Å². The molecule has 0 saturated heterocycles. The van der Waals surface area contributed by atoms with Crippen molar-refractivity contribution in [3.05, 3.63) is 72.6 Å². The van der Waals surface area contributed by atoms with Crippen molar-refractivity contribution in [2.75, 3.05) is 0 Å². The summed E-state index contributed by atoms with van der Waals surface area (Å²) in [6.07, 6.45) is 4.89. The van der Waals surface area contributed by atoms with Crippen LogP contribution in [0.15, 0.2) is 61.2 Å². The molecule has 0 bridgehead atoms. The highest BCUT2D eigenvalue weighted by atomic mass is 16.2. The molecule has 1 aromatic carbocycles. The third-order valence-corrected chi connectivity index (χ3v) is 2.92. The van der Waals surface area contributed by atoms with Crippen molar-refractivity contribution in [2.45, 2.75) is 6.54 Å². The van der Waals surface area contributed by atoms with Crippen LogP contribution in [0.2, 0.25) is 0 Å². The molecule has 1 N–H and O–H groups in total. The second kappa shape index (κ2) is 5.96. The lowest BCUT2D eigenvalue weighted by Crippen LogP contribution is -2.24. The molecule has 6 nitrogen and oxygen atoms in total. The molecular formula is C15H13N5O. The van der Waals surface area contributed by atoms with E-state index in [1.807, 2.05) is 42.5 Å². The van der Waals surface area contributed by atoms with Crippen LogP contribution < -0.4 is 5.32 Å². The topological polar surface area (TPSA) is 72.7 Å². The van der Waals surface area contributed by atoms with Crippen molar-refractivity contribution in [3.8, 4) is 5.69 Å². The minimum atomic E-state index is -0.304. The lowest BCUT2D eigenvalue weighted by atomic mass is 10.3. The van der Waals surface area contributed by atoms with Gasteiger partial charge in [0, 0.05) is 18.9 Å². The molecule has 3 aromatic rings. The van der Waals surface area contributed by atoms with Crippen LogP contribution in [0, 0.1) is 0 Å². The number of carbonyl (C=O) groups is 1. The van der Waals surface area contributed by atoms with E-state index >= 15 is 0 Å². The van der Waals surface area contributed by atoms with Crippen LogP contribution in [0.3, 0.4) is 0 Å². The zero-order valence-electron chi connectivity index (χ0n) is 11.2. The fraction of sp³-hybridized carbons (Fsp3) is 0.0667. The Morgan fingerprint density at radius 2 is 1.86 bits per heavy atom. The molecule has 0 aliphatic carbocycles. The maximum Gasteiger partial charge on any atom is 0.291 e. The highest BCUT2D eigenvalue weighted by Crippen LogP contribution is 2.05. The van der Waals surface area contributed by atoms with Gasteiger partial charge in [0.05, 0.1) is 5.69 Å². The Hall–Kier alpha value is -3.02. The Balaban J connectivity index is 1.67. The van der Waals surface area contributed by atoms with E-state index in [1.165, 1.54) is 6.33 Å². The summed E-state index contributed by atoms with van der Waals surface area (Å²) >= 11 is 0. The van der Waals surface area contributed by atoms with Gasteiger partial charge in [0.2, 0.25) is 5.82 Å². The van der Waals surface area contributed by atoms with Crippen LogP contribution in [0.25, 0.3) is 5.69 Å². The van der Waals surface area contributed by atoms with Gasteiger partial charge in [-0.1, -0.05) is 18.2 Å². The molecule has 104 valence electrons. The van der Waals surface area contributed by atoms with Crippen LogP contribution in [-0.2, 0) is 6.54 Å². The predicted octanol–water partition coefficient (Wildman–Crippen LogP) is 1.59. The molecule has 0 unspecified atom stereocenters. The van der Waals surface area contributed by atoms with Gasteiger partial charge in [-0.2, -0.15) is 0 Å². The first-order valence-corrected chi connectivity index (χ1v) is 6.47. The Kier molecular flexibility index (Phi) is 3.68. The Morgan fingerprint density at radius 3 is 2.62 bits per heavy atom. The van der Waals surface area contributed by atoms with E-state index in [9.17, 15) is 4.79 Å². The van der Waals surface area contributed by atoms with Gasteiger partial charge in [-0.3, -0.25) is 9.78 Å². The number of pyridine rings is 1. The van der Waals surface area contributed by atoms with E-state index in [1.54, 1.807) is 17.1 Å². The molecule has 2 aromatic heterocycles. The molecular weight excluding hydrogens is 266 g/mol. The Labute approximate surface area is 121 Å². The molecule has 2 heterocycles. The zero-order valence-corrected chi connectivity index (χ0v) is 11.2. The molecule has 0 radical (unpaired) electrons. The lowest BCUT2D eigenvalue weighted by molar-refractivity contribution is 0.0940. The summed E-state index contributed by atoms with van der Waals surface area (Å²) in [6.45, 7) is 0.418. The van der Waals surface area contributed by atoms with E-state index in [0.29, 0.717) is 6.54 Å². The van der Waals surface area contributed by atoms with E-state index in [0.717, 1.165) is 11.3 Å². The van der Waals surface area contributed by atoms with Crippen LogP contribution in [0.4, 0.5) is 0 Å². The molecule has 0 atom stereocenters. The van der Waals surface area contributed by atoms with Crippen molar-refractivity contribution in [2.24, 2.45) is 0 Å². The monoisotopic (exact) mass is 279 g/mol. The Bertz CT molecular complexity index is 724. The number of hydrogen-bond acceptors (Lipinski definition) is 4. The fourth-order valence-corrected chi connectivity index (χ4v) is 1.83. The number of nitrogens with zero attached hydrogens (tertiary/aromatic N) is 4. The summed E-state index contributed by atoms with van der Waals surface area (Å²) in [5, 5.41) is 6.95. The summed E-state index contributed by atoms with van der Waals surface area (Å²) in [5.74, 6) is -0.158. The smallest absolute Gasteiger partial charge is 0.291 e. The van der Waals surface area contributed by atoms with Gasteiger partial charge in [0.1, 0.15) is 6.33 Å². The molecule has 21 heavy (non-hydrogen) atoms. The van der Waals surface area contributed by atoms with E-state index in [2.05, 4.69) is 20.4 Å². The van der Waals surface area contributed by atoms with Crippen molar-refractivity contribution < 1.29 is 4.79 Å². The maximum atomic E-state index is 12.0. The molecule has 0 spiro atoms. The molecule has 0 fully saturated rings. The van der Waals surface area contributed by atoms with Gasteiger partial charge >= 0.3 is 0 Å². The quantitative estimate of drug-likeness (QED) is 0.787. The minimum Gasteiger partial charge on any atom is -0.345 e.